The molecule has 0 saturated heterocycles. The Bertz CT molecular complexity index is 1390. The Balaban J connectivity index is 1.55. The highest BCUT2D eigenvalue weighted by atomic mass is 32.2. The van der Waals surface area contributed by atoms with E-state index in [1.54, 1.807) is 60.7 Å². The molecule has 2 aromatic carbocycles. The van der Waals surface area contributed by atoms with E-state index in [2.05, 4.69) is 11.9 Å². The summed E-state index contributed by atoms with van der Waals surface area (Å²) in [7, 11) is -3.35. The number of hydrogen-bond donors (Lipinski definition) is 0. The van der Waals surface area contributed by atoms with Crippen molar-refractivity contribution in [3.63, 3.8) is 0 Å². The molecule has 1 aromatic heterocycles. The van der Waals surface area contributed by atoms with Crippen LogP contribution >= 0.6 is 11.3 Å². The monoisotopic (exact) mass is 565 g/mol. The van der Waals surface area contributed by atoms with Crippen molar-refractivity contribution in [1.82, 2.24) is 4.98 Å². The summed E-state index contributed by atoms with van der Waals surface area (Å²) in [6, 6.07) is 15.3. The SMILES string of the molecule is CCCCCCCCCCCCS(=O)(=O)c1ccc(C=Cc2nc(-c3ccc(C#N)cc3)sc2[N+](=O)[O-])cc1. The number of nitriles is 1. The molecule has 206 valence electrons. The van der Waals surface area contributed by atoms with Crippen LogP contribution in [0.2, 0.25) is 0 Å². The van der Waals surface area contributed by atoms with Gasteiger partial charge >= 0.3 is 5.00 Å². The number of hydrogen-bond acceptors (Lipinski definition) is 7. The van der Waals surface area contributed by atoms with Crippen molar-refractivity contribution in [3.05, 3.63) is 75.5 Å². The predicted molar refractivity (Wildman–Crippen MR) is 158 cm³/mol. The number of unbranched alkanes of at least 4 members (excludes halogenated alkanes) is 9. The summed E-state index contributed by atoms with van der Waals surface area (Å²) in [5.74, 6) is 0.141. The van der Waals surface area contributed by atoms with E-state index in [0.29, 0.717) is 27.5 Å². The summed E-state index contributed by atoms with van der Waals surface area (Å²) in [4.78, 5) is 15.8. The van der Waals surface area contributed by atoms with Crippen molar-refractivity contribution < 1.29 is 13.3 Å². The first-order chi connectivity index (χ1) is 18.8. The lowest BCUT2D eigenvalue weighted by Crippen LogP contribution is -2.06. The second-order valence-corrected chi connectivity index (χ2v) is 12.6. The standard InChI is InChI=1S/C30H35N3O4S2/c1-2-3-4-5-6-7-8-9-10-11-22-39(36,37)27-19-14-24(15-20-27)16-21-28-30(33(34)35)38-29(32-28)26-17-12-25(23-31)13-18-26/h12-21H,2-11,22H2,1H3. The van der Waals surface area contributed by atoms with Gasteiger partial charge in [-0.05, 0) is 53.7 Å². The maximum Gasteiger partial charge on any atom is 0.351 e. The van der Waals surface area contributed by atoms with E-state index in [1.807, 2.05) is 6.07 Å². The molecule has 0 bridgehead atoms. The molecule has 0 amide bonds. The van der Waals surface area contributed by atoms with Gasteiger partial charge in [-0.3, -0.25) is 10.1 Å². The molecule has 39 heavy (non-hydrogen) atoms. The van der Waals surface area contributed by atoms with Gasteiger partial charge in [0.15, 0.2) is 15.5 Å². The van der Waals surface area contributed by atoms with E-state index in [9.17, 15) is 18.5 Å². The van der Waals surface area contributed by atoms with E-state index in [0.717, 1.165) is 29.7 Å². The summed E-state index contributed by atoms with van der Waals surface area (Å²) in [5, 5.41) is 20.9. The molecule has 0 aliphatic carbocycles. The first-order valence-electron chi connectivity index (χ1n) is 13.5. The summed E-state index contributed by atoms with van der Waals surface area (Å²) < 4.78 is 25.5. The molecule has 7 nitrogen and oxygen atoms in total. The quantitative estimate of drug-likeness (QED) is 0.0977. The zero-order valence-corrected chi connectivity index (χ0v) is 24.0. The zero-order valence-electron chi connectivity index (χ0n) is 22.3. The van der Waals surface area contributed by atoms with Gasteiger partial charge < -0.3 is 0 Å². The van der Waals surface area contributed by atoms with Crippen LogP contribution in [0.1, 0.15) is 88.0 Å². The van der Waals surface area contributed by atoms with Crippen molar-refractivity contribution in [2.45, 2.75) is 76.0 Å². The van der Waals surface area contributed by atoms with Crippen LogP contribution in [0.25, 0.3) is 22.7 Å². The molecular weight excluding hydrogens is 530 g/mol. The van der Waals surface area contributed by atoms with E-state index >= 15 is 0 Å². The molecule has 0 aliphatic heterocycles. The number of sulfone groups is 1. The van der Waals surface area contributed by atoms with Gasteiger partial charge in [0, 0.05) is 5.56 Å². The number of aromatic nitrogens is 1. The summed E-state index contributed by atoms with van der Waals surface area (Å²) in [5.41, 5.74) is 2.13. The molecule has 0 spiro atoms. The fourth-order valence-electron chi connectivity index (χ4n) is 4.23. The third kappa shape index (κ3) is 9.41. The minimum absolute atomic E-state index is 0.0821. The second kappa shape index (κ2) is 15.3. The van der Waals surface area contributed by atoms with Crippen molar-refractivity contribution in [3.8, 4) is 16.6 Å². The topological polar surface area (TPSA) is 114 Å². The lowest BCUT2D eigenvalue weighted by Gasteiger charge is -2.05. The number of benzene rings is 2. The molecule has 0 radical (unpaired) electrons. The number of thiazole rings is 1. The lowest BCUT2D eigenvalue weighted by atomic mass is 10.1. The van der Waals surface area contributed by atoms with E-state index in [-0.39, 0.29) is 16.4 Å². The first-order valence-corrected chi connectivity index (χ1v) is 16.0. The van der Waals surface area contributed by atoms with E-state index in [1.165, 1.54) is 44.9 Å². The minimum atomic E-state index is -3.35. The van der Waals surface area contributed by atoms with Gasteiger partial charge in [0.25, 0.3) is 0 Å². The maximum atomic E-state index is 12.7. The van der Waals surface area contributed by atoms with Gasteiger partial charge in [0.05, 0.1) is 27.2 Å². The summed E-state index contributed by atoms with van der Waals surface area (Å²) >= 11 is 0.969. The molecule has 1 heterocycles. The highest BCUT2D eigenvalue weighted by Crippen LogP contribution is 2.34. The largest absolute Gasteiger partial charge is 0.351 e. The van der Waals surface area contributed by atoms with Crippen molar-refractivity contribution in [2.24, 2.45) is 0 Å². The van der Waals surface area contributed by atoms with Crippen LogP contribution in [0.4, 0.5) is 5.00 Å². The van der Waals surface area contributed by atoms with Crippen molar-refractivity contribution >= 4 is 38.3 Å². The lowest BCUT2D eigenvalue weighted by molar-refractivity contribution is -0.380. The highest BCUT2D eigenvalue weighted by Gasteiger charge is 2.20. The summed E-state index contributed by atoms with van der Waals surface area (Å²) in [6.45, 7) is 2.22. The minimum Gasteiger partial charge on any atom is -0.257 e. The first kappa shape index (κ1) is 30.2. The van der Waals surface area contributed by atoms with Crippen LogP contribution < -0.4 is 0 Å². The van der Waals surface area contributed by atoms with Crippen LogP contribution in [0.15, 0.2) is 53.4 Å². The number of nitro groups is 1. The van der Waals surface area contributed by atoms with Crippen LogP contribution in [-0.4, -0.2) is 24.1 Å². The molecule has 3 rings (SSSR count). The molecule has 0 aliphatic rings. The predicted octanol–water partition coefficient (Wildman–Crippen LogP) is 8.45. The number of nitrogens with zero attached hydrogens (tertiary/aromatic N) is 3. The summed E-state index contributed by atoms with van der Waals surface area (Å²) in [6.07, 6.45) is 14.8. The van der Waals surface area contributed by atoms with Gasteiger partial charge in [-0.1, -0.05) is 95.1 Å². The van der Waals surface area contributed by atoms with E-state index in [4.69, 9.17) is 5.26 Å². The maximum absolute atomic E-state index is 12.7. The Kier molecular flexibility index (Phi) is 11.8. The van der Waals surface area contributed by atoms with Gasteiger partial charge in [-0.2, -0.15) is 5.26 Å². The fourth-order valence-corrected chi connectivity index (χ4v) is 6.48. The van der Waals surface area contributed by atoms with Crippen molar-refractivity contribution in [2.75, 3.05) is 5.75 Å². The molecule has 0 saturated carbocycles. The average molecular weight is 566 g/mol. The molecular formula is C30H35N3O4S2. The Labute approximate surface area is 235 Å². The van der Waals surface area contributed by atoms with Crippen LogP contribution in [-0.2, 0) is 9.84 Å². The molecule has 0 N–H and O–H groups in total. The van der Waals surface area contributed by atoms with Gasteiger partial charge in [-0.15, -0.1) is 0 Å². The Hall–Kier alpha value is -3.35. The molecule has 0 atom stereocenters. The van der Waals surface area contributed by atoms with E-state index < -0.39 is 14.8 Å². The second-order valence-electron chi connectivity index (χ2n) is 9.56. The Morgan fingerprint density at radius 2 is 1.49 bits per heavy atom. The molecule has 0 fully saturated rings. The fraction of sp³-hybridized carbons (Fsp3) is 0.400. The average Bonchev–Trinajstić information content (AvgIpc) is 3.38. The van der Waals surface area contributed by atoms with Crippen LogP contribution in [0, 0.1) is 21.4 Å². The number of rotatable bonds is 16. The zero-order chi connectivity index (χ0) is 28.1. The smallest absolute Gasteiger partial charge is 0.257 e. The Morgan fingerprint density at radius 1 is 0.897 bits per heavy atom. The van der Waals surface area contributed by atoms with Gasteiger partial charge in [0.1, 0.15) is 5.01 Å². The molecule has 0 unspecified atom stereocenters. The van der Waals surface area contributed by atoms with Crippen molar-refractivity contribution in [1.29, 1.82) is 5.26 Å². The van der Waals surface area contributed by atoms with Crippen LogP contribution in [0.3, 0.4) is 0 Å². The third-order valence-corrected chi connectivity index (χ3v) is 9.39. The third-order valence-electron chi connectivity index (χ3n) is 6.50. The van der Waals surface area contributed by atoms with Gasteiger partial charge in [-0.25, -0.2) is 13.4 Å². The Morgan fingerprint density at radius 3 is 2.05 bits per heavy atom. The molecule has 3 aromatic rings. The van der Waals surface area contributed by atoms with Gasteiger partial charge in [0.2, 0.25) is 0 Å². The molecule has 9 heteroatoms. The normalized spacial score (nSPS) is 11.6. The highest BCUT2D eigenvalue weighted by molar-refractivity contribution is 7.91. The van der Waals surface area contributed by atoms with Crippen LogP contribution in [0.5, 0.6) is 0 Å².